The van der Waals surface area contributed by atoms with Gasteiger partial charge in [0.25, 0.3) is 5.69 Å². The van der Waals surface area contributed by atoms with Crippen LogP contribution in [0.1, 0.15) is 27.9 Å². The van der Waals surface area contributed by atoms with E-state index in [2.05, 4.69) is 53.9 Å². The molecule has 5 heteroatoms. The Morgan fingerprint density at radius 2 is 1.58 bits per heavy atom. The topological polar surface area (TPSA) is 72.2 Å². The maximum atomic E-state index is 13.0. The van der Waals surface area contributed by atoms with Crippen LogP contribution in [0.15, 0.2) is 97.4 Å². The lowest BCUT2D eigenvalue weighted by Gasteiger charge is -2.21. The van der Waals surface area contributed by atoms with E-state index < -0.39 is 4.92 Å². The summed E-state index contributed by atoms with van der Waals surface area (Å²) in [4.78, 5) is 23.5. The predicted octanol–water partition coefficient (Wildman–Crippen LogP) is 5.00. The molecule has 0 amide bonds. The van der Waals surface area contributed by atoms with Crippen LogP contribution in [-0.2, 0) is 12.8 Å². The Hall–Kier alpha value is -4.51. The summed E-state index contributed by atoms with van der Waals surface area (Å²) in [6.45, 7) is 0. The summed E-state index contributed by atoms with van der Waals surface area (Å²) in [6, 6.07) is 18.8. The molecule has 1 heterocycles. The molecule has 0 radical (unpaired) electrons. The highest BCUT2D eigenvalue weighted by atomic mass is 16.6. The second kappa shape index (κ2) is 10.4. The van der Waals surface area contributed by atoms with Crippen LogP contribution in [0.4, 0.5) is 5.69 Å². The molecular weight excluding hydrogens is 448 g/mol. The van der Waals surface area contributed by atoms with Crippen LogP contribution < -0.4 is 15.8 Å². The van der Waals surface area contributed by atoms with E-state index in [4.69, 9.17) is 0 Å². The van der Waals surface area contributed by atoms with Crippen LogP contribution in [0.25, 0.3) is 23.3 Å². The number of rotatable bonds is 3. The molecule has 3 aliphatic rings. The molecule has 178 valence electrons. The normalized spacial score (nSPS) is 16.4. The quantitative estimate of drug-likeness (QED) is 0.330. The first-order chi connectivity index (χ1) is 17.6. The molecule has 3 aromatic rings. The number of hydrogen-bond acceptors (Lipinski definition) is 4. The highest BCUT2D eigenvalue weighted by Crippen LogP contribution is 2.26. The van der Waals surface area contributed by atoms with Gasteiger partial charge in [0.15, 0.2) is 5.78 Å². The fourth-order valence-corrected chi connectivity index (χ4v) is 4.89. The van der Waals surface area contributed by atoms with Crippen molar-refractivity contribution in [3.63, 3.8) is 0 Å². The summed E-state index contributed by atoms with van der Waals surface area (Å²) in [7, 11) is 0. The van der Waals surface area contributed by atoms with E-state index in [1.54, 1.807) is 12.1 Å². The molecule has 2 aliphatic carbocycles. The third-order valence-electron chi connectivity index (χ3n) is 6.72. The van der Waals surface area contributed by atoms with Gasteiger partial charge in [0.05, 0.1) is 4.92 Å². The van der Waals surface area contributed by atoms with Gasteiger partial charge in [-0.2, -0.15) is 0 Å². The third kappa shape index (κ3) is 4.82. The largest absolute Gasteiger partial charge is 0.368 e. The number of ketones is 1. The lowest BCUT2D eigenvalue weighted by Crippen LogP contribution is -2.37. The molecule has 1 atom stereocenters. The van der Waals surface area contributed by atoms with Gasteiger partial charge < -0.3 is 5.32 Å². The summed E-state index contributed by atoms with van der Waals surface area (Å²) in [5.41, 5.74) is 5.64. The summed E-state index contributed by atoms with van der Waals surface area (Å²) < 4.78 is 0. The molecule has 0 saturated carbocycles. The van der Waals surface area contributed by atoms with Crippen molar-refractivity contribution in [3.05, 3.63) is 135 Å². The minimum atomic E-state index is -0.447. The second-order valence-electron chi connectivity index (χ2n) is 8.91. The minimum absolute atomic E-state index is 0.00172. The molecular formula is C31H26N2O3. The zero-order valence-electron chi connectivity index (χ0n) is 19.8. The summed E-state index contributed by atoms with van der Waals surface area (Å²) in [5.74, 6) is -0.180. The molecule has 5 nitrogen and oxygen atoms in total. The molecule has 0 aromatic heterocycles. The first-order valence-corrected chi connectivity index (χ1v) is 12.1. The first kappa shape index (κ1) is 23.2. The minimum Gasteiger partial charge on any atom is -0.368 e. The highest BCUT2D eigenvalue weighted by Gasteiger charge is 2.23. The molecule has 6 rings (SSSR count). The van der Waals surface area contributed by atoms with Gasteiger partial charge in [-0.3, -0.25) is 14.9 Å². The Morgan fingerprint density at radius 3 is 2.33 bits per heavy atom. The third-order valence-corrected chi connectivity index (χ3v) is 6.72. The van der Waals surface area contributed by atoms with E-state index >= 15 is 0 Å². The van der Waals surface area contributed by atoms with Gasteiger partial charge >= 0.3 is 0 Å². The Labute approximate surface area is 209 Å². The molecule has 0 fully saturated rings. The number of benzene rings is 3. The lowest BCUT2D eigenvalue weighted by molar-refractivity contribution is -0.384. The number of hydrogen-bond donors (Lipinski definition) is 1. The number of nitrogens with one attached hydrogen (secondary N) is 1. The second-order valence-corrected chi connectivity index (χ2v) is 8.91. The number of Topliss-reactive ketones (excluding diaryl/α,β-unsaturated/α-hetero) is 1. The smallest absolute Gasteiger partial charge is 0.269 e. The number of nitrogens with zero attached hydrogens (tertiary/aromatic N) is 1. The zero-order chi connectivity index (χ0) is 24.9. The fraction of sp³-hybridized carbons (Fsp3) is 0.129. The standard InChI is InChI=1S/C25H19NO3.C6H7N/c27-25(18-7-11-20(12-8-18)26(28)29)19-6-5-17-10-13-22-21-4-2-1-3-16(21)9-14-23(22)24(17)15-19;1-2-4-6-7-5-3-1/h1-4,7-8,10-15,19H,5-6,9H2;1-7H. The van der Waals surface area contributed by atoms with Gasteiger partial charge in [-0.05, 0) is 76.2 Å². The van der Waals surface area contributed by atoms with Crippen LogP contribution in [0.2, 0.25) is 0 Å². The van der Waals surface area contributed by atoms with Crippen molar-refractivity contribution in [2.45, 2.75) is 19.3 Å². The van der Waals surface area contributed by atoms with Crippen molar-refractivity contribution in [2.75, 3.05) is 0 Å². The van der Waals surface area contributed by atoms with E-state index in [-0.39, 0.29) is 17.4 Å². The number of aryl methyl sites for hydroxylation is 1. The summed E-state index contributed by atoms with van der Waals surface area (Å²) in [6.07, 6.45) is 18.5. The van der Waals surface area contributed by atoms with Crippen LogP contribution in [0, 0.1) is 16.0 Å². The van der Waals surface area contributed by atoms with E-state index in [1.165, 1.54) is 44.8 Å². The molecule has 1 aliphatic heterocycles. The van der Waals surface area contributed by atoms with Crippen LogP contribution in [-0.4, -0.2) is 10.7 Å². The summed E-state index contributed by atoms with van der Waals surface area (Å²) in [5, 5.41) is 16.2. The van der Waals surface area contributed by atoms with Crippen LogP contribution in [0.5, 0.6) is 0 Å². The van der Waals surface area contributed by atoms with E-state index in [9.17, 15) is 14.9 Å². The Bertz CT molecular complexity index is 1510. The highest BCUT2D eigenvalue weighted by molar-refractivity contribution is 6.01. The monoisotopic (exact) mass is 474 g/mol. The number of carbonyl (C=O) groups excluding carboxylic acids is 1. The number of fused-ring (bicyclic) bond motifs is 5. The average molecular weight is 475 g/mol. The van der Waals surface area contributed by atoms with E-state index in [1.807, 2.05) is 36.7 Å². The van der Waals surface area contributed by atoms with Crippen LogP contribution in [0.3, 0.4) is 0 Å². The number of allylic oxidation sites excluding steroid dienone is 4. The Morgan fingerprint density at radius 1 is 0.833 bits per heavy atom. The first-order valence-electron chi connectivity index (χ1n) is 12.1. The van der Waals surface area contributed by atoms with Crippen molar-refractivity contribution in [1.82, 2.24) is 5.32 Å². The van der Waals surface area contributed by atoms with Gasteiger partial charge in [0, 0.05) is 36.0 Å². The maximum Gasteiger partial charge on any atom is 0.269 e. The van der Waals surface area contributed by atoms with Crippen LogP contribution >= 0.6 is 0 Å². The SMILES string of the molecule is C1=CC=CNC=C1.O=C(c1ccc([N+](=O)[O-])cc1)C1C=c2c(ccc3c2=CCc2ccccc2-3)CC1. The van der Waals surface area contributed by atoms with Crippen molar-refractivity contribution in [1.29, 1.82) is 0 Å². The molecule has 0 saturated heterocycles. The Balaban J connectivity index is 0.000000330. The Kier molecular flexibility index (Phi) is 6.72. The molecule has 3 aromatic carbocycles. The molecule has 0 spiro atoms. The number of non-ortho nitro benzene ring substituents is 1. The summed E-state index contributed by atoms with van der Waals surface area (Å²) >= 11 is 0. The van der Waals surface area contributed by atoms with Gasteiger partial charge in [-0.25, -0.2) is 0 Å². The molecule has 1 N–H and O–H groups in total. The van der Waals surface area contributed by atoms with Gasteiger partial charge in [-0.15, -0.1) is 0 Å². The number of nitro groups is 1. The molecule has 1 unspecified atom stereocenters. The van der Waals surface area contributed by atoms with Gasteiger partial charge in [0.2, 0.25) is 0 Å². The molecule has 36 heavy (non-hydrogen) atoms. The van der Waals surface area contributed by atoms with Crippen molar-refractivity contribution < 1.29 is 9.72 Å². The van der Waals surface area contributed by atoms with Crippen molar-refractivity contribution in [2.24, 2.45) is 5.92 Å². The van der Waals surface area contributed by atoms with Gasteiger partial charge in [-0.1, -0.05) is 60.7 Å². The molecule has 0 bridgehead atoms. The lowest BCUT2D eigenvalue weighted by atomic mass is 9.82. The maximum absolute atomic E-state index is 13.0. The average Bonchev–Trinajstić information content (AvgIpc) is 3.26. The van der Waals surface area contributed by atoms with Crippen molar-refractivity contribution >= 4 is 23.6 Å². The number of carbonyl (C=O) groups is 1. The van der Waals surface area contributed by atoms with E-state index in [0.29, 0.717) is 5.56 Å². The van der Waals surface area contributed by atoms with E-state index in [0.717, 1.165) is 19.3 Å². The fourth-order valence-electron chi connectivity index (χ4n) is 4.89. The van der Waals surface area contributed by atoms with Crippen molar-refractivity contribution in [3.8, 4) is 11.1 Å². The number of nitro benzene ring substituents is 1. The predicted molar refractivity (Wildman–Crippen MR) is 144 cm³/mol. The van der Waals surface area contributed by atoms with Gasteiger partial charge in [0.1, 0.15) is 0 Å². The zero-order valence-corrected chi connectivity index (χ0v) is 19.8.